The smallest absolute Gasteiger partial charge is 0.128 e. The lowest BCUT2D eigenvalue weighted by Crippen LogP contribution is -2.22. The van der Waals surface area contributed by atoms with Gasteiger partial charge in [0.1, 0.15) is 11.6 Å². The van der Waals surface area contributed by atoms with Crippen LogP contribution in [0.2, 0.25) is 0 Å². The molecule has 2 atom stereocenters. The monoisotopic (exact) mass is 251 g/mol. The van der Waals surface area contributed by atoms with Crippen molar-refractivity contribution in [1.82, 2.24) is 0 Å². The summed E-state index contributed by atoms with van der Waals surface area (Å²) in [4.78, 5) is 0. The molecule has 1 aromatic rings. The Morgan fingerprint density at radius 3 is 2.56 bits per heavy atom. The maximum Gasteiger partial charge on any atom is 0.128 e. The second kappa shape index (κ2) is 4.79. The molecule has 1 N–H and O–H groups in total. The second-order valence-corrected chi connectivity index (χ2v) is 6.18. The van der Waals surface area contributed by atoms with E-state index < -0.39 is 0 Å². The quantitative estimate of drug-likeness (QED) is 0.874. The minimum absolute atomic E-state index is 0.262. The number of nitrogens with one attached hydrogen (secondary N) is 1. The number of methoxy groups -OCH3 is 1. The molecule has 2 rings (SSSR count). The van der Waals surface area contributed by atoms with E-state index in [2.05, 4.69) is 26.1 Å². The molecule has 0 heterocycles. The van der Waals surface area contributed by atoms with Gasteiger partial charge in [0.05, 0.1) is 7.11 Å². The van der Waals surface area contributed by atoms with Crippen molar-refractivity contribution in [2.45, 2.75) is 39.7 Å². The molecule has 18 heavy (non-hydrogen) atoms. The maximum atomic E-state index is 13.4. The molecule has 0 radical (unpaired) electrons. The van der Waals surface area contributed by atoms with Crippen molar-refractivity contribution in [2.24, 2.45) is 11.3 Å². The summed E-state index contributed by atoms with van der Waals surface area (Å²) in [6.07, 6.45) is 2.32. The van der Waals surface area contributed by atoms with Gasteiger partial charge in [-0.25, -0.2) is 4.39 Å². The molecule has 0 aliphatic heterocycles. The van der Waals surface area contributed by atoms with Gasteiger partial charge < -0.3 is 10.1 Å². The van der Waals surface area contributed by atoms with E-state index in [1.807, 2.05) is 6.07 Å². The van der Waals surface area contributed by atoms with Crippen LogP contribution in [0.5, 0.6) is 5.75 Å². The van der Waals surface area contributed by atoms with Gasteiger partial charge in [-0.05, 0) is 30.2 Å². The molecule has 3 heteroatoms. The minimum atomic E-state index is -0.262. The molecular formula is C15H22FNO. The van der Waals surface area contributed by atoms with E-state index in [1.165, 1.54) is 18.6 Å². The van der Waals surface area contributed by atoms with Gasteiger partial charge in [-0.15, -0.1) is 0 Å². The molecule has 1 aliphatic carbocycles. The van der Waals surface area contributed by atoms with E-state index in [0.717, 1.165) is 12.1 Å². The molecule has 1 fully saturated rings. The number of anilines is 1. The molecule has 1 saturated carbocycles. The first-order valence-electron chi connectivity index (χ1n) is 6.51. The zero-order valence-corrected chi connectivity index (χ0v) is 11.6. The summed E-state index contributed by atoms with van der Waals surface area (Å²) < 4.78 is 18.5. The average molecular weight is 251 g/mol. The van der Waals surface area contributed by atoms with Crippen LogP contribution in [0.4, 0.5) is 10.1 Å². The van der Waals surface area contributed by atoms with Gasteiger partial charge in [0.25, 0.3) is 0 Å². The molecular weight excluding hydrogens is 229 g/mol. The molecule has 1 aliphatic rings. The van der Waals surface area contributed by atoms with Crippen LogP contribution in [-0.4, -0.2) is 13.2 Å². The SMILES string of the molecule is COc1cc(F)cc(NC2CC(C)(C)CC2C)c1. The van der Waals surface area contributed by atoms with E-state index in [-0.39, 0.29) is 5.82 Å². The molecule has 0 aromatic heterocycles. The number of hydrogen-bond donors (Lipinski definition) is 1. The normalized spacial score (nSPS) is 26.1. The molecule has 0 saturated heterocycles. The summed E-state index contributed by atoms with van der Waals surface area (Å²) in [6, 6.07) is 5.18. The number of ether oxygens (including phenoxy) is 1. The average Bonchev–Trinajstić information content (AvgIpc) is 2.50. The lowest BCUT2D eigenvalue weighted by atomic mass is 9.91. The maximum absolute atomic E-state index is 13.4. The third-order valence-corrected chi connectivity index (χ3v) is 3.79. The number of rotatable bonds is 3. The van der Waals surface area contributed by atoms with Gasteiger partial charge in [-0.2, -0.15) is 0 Å². The van der Waals surface area contributed by atoms with Crippen LogP contribution < -0.4 is 10.1 Å². The summed E-state index contributed by atoms with van der Waals surface area (Å²) in [7, 11) is 1.56. The van der Waals surface area contributed by atoms with E-state index in [1.54, 1.807) is 7.11 Å². The highest BCUT2D eigenvalue weighted by molar-refractivity contribution is 5.49. The van der Waals surface area contributed by atoms with Crippen molar-refractivity contribution >= 4 is 5.69 Å². The third kappa shape index (κ3) is 2.95. The van der Waals surface area contributed by atoms with Crippen LogP contribution in [-0.2, 0) is 0 Å². The molecule has 0 bridgehead atoms. The van der Waals surface area contributed by atoms with Crippen molar-refractivity contribution in [2.75, 3.05) is 12.4 Å². The molecule has 100 valence electrons. The fourth-order valence-electron chi connectivity index (χ4n) is 3.06. The van der Waals surface area contributed by atoms with E-state index in [4.69, 9.17) is 4.74 Å². The van der Waals surface area contributed by atoms with Gasteiger partial charge >= 0.3 is 0 Å². The lowest BCUT2D eigenvalue weighted by molar-refractivity contribution is 0.366. The van der Waals surface area contributed by atoms with Crippen LogP contribution in [0.3, 0.4) is 0 Å². The zero-order valence-electron chi connectivity index (χ0n) is 11.6. The highest BCUT2D eigenvalue weighted by Gasteiger charge is 2.36. The van der Waals surface area contributed by atoms with Crippen LogP contribution in [0.1, 0.15) is 33.6 Å². The summed E-state index contributed by atoms with van der Waals surface area (Å²) in [5, 5.41) is 3.44. The van der Waals surface area contributed by atoms with Crippen LogP contribution in [0.15, 0.2) is 18.2 Å². The fraction of sp³-hybridized carbons (Fsp3) is 0.600. The Morgan fingerprint density at radius 1 is 1.28 bits per heavy atom. The second-order valence-electron chi connectivity index (χ2n) is 6.18. The van der Waals surface area contributed by atoms with Gasteiger partial charge in [0.15, 0.2) is 0 Å². The molecule has 2 unspecified atom stereocenters. The van der Waals surface area contributed by atoms with E-state index in [0.29, 0.717) is 23.1 Å². The number of benzene rings is 1. The standard InChI is InChI=1S/C15H22FNO/c1-10-8-15(2,3)9-14(10)17-12-5-11(16)6-13(7-12)18-4/h5-7,10,14,17H,8-9H2,1-4H3. The summed E-state index contributed by atoms with van der Waals surface area (Å²) in [5.74, 6) is 0.901. The van der Waals surface area contributed by atoms with Gasteiger partial charge in [-0.3, -0.25) is 0 Å². The molecule has 2 nitrogen and oxygen atoms in total. The molecule has 0 amide bonds. The zero-order chi connectivity index (χ0) is 13.3. The Labute approximate surface area is 109 Å². The van der Waals surface area contributed by atoms with E-state index in [9.17, 15) is 4.39 Å². The van der Waals surface area contributed by atoms with Crippen molar-refractivity contribution in [3.63, 3.8) is 0 Å². The van der Waals surface area contributed by atoms with Crippen molar-refractivity contribution in [1.29, 1.82) is 0 Å². The Morgan fingerprint density at radius 2 is 2.00 bits per heavy atom. The first-order chi connectivity index (χ1) is 8.39. The third-order valence-electron chi connectivity index (χ3n) is 3.79. The Kier molecular flexibility index (Phi) is 3.51. The van der Waals surface area contributed by atoms with Gasteiger partial charge in [-0.1, -0.05) is 20.8 Å². The summed E-state index contributed by atoms with van der Waals surface area (Å²) in [6.45, 7) is 6.83. The largest absolute Gasteiger partial charge is 0.497 e. The van der Waals surface area contributed by atoms with Crippen LogP contribution in [0, 0.1) is 17.2 Å². The number of halogens is 1. The van der Waals surface area contributed by atoms with Crippen molar-refractivity contribution in [3.8, 4) is 5.75 Å². The summed E-state index contributed by atoms with van der Waals surface area (Å²) >= 11 is 0. The highest BCUT2D eigenvalue weighted by atomic mass is 19.1. The molecule has 0 spiro atoms. The van der Waals surface area contributed by atoms with E-state index >= 15 is 0 Å². The van der Waals surface area contributed by atoms with Crippen LogP contribution in [0.25, 0.3) is 0 Å². The predicted octanol–water partition coefficient (Wildman–Crippen LogP) is 4.07. The highest BCUT2D eigenvalue weighted by Crippen LogP contribution is 2.42. The molecule has 1 aromatic carbocycles. The Bertz CT molecular complexity index is 431. The topological polar surface area (TPSA) is 21.3 Å². The predicted molar refractivity (Wildman–Crippen MR) is 72.5 cm³/mol. The van der Waals surface area contributed by atoms with Gasteiger partial charge in [0.2, 0.25) is 0 Å². The minimum Gasteiger partial charge on any atom is -0.497 e. The van der Waals surface area contributed by atoms with Gasteiger partial charge in [0, 0.05) is 23.9 Å². The Balaban J connectivity index is 2.12. The van der Waals surface area contributed by atoms with Crippen LogP contribution >= 0.6 is 0 Å². The van der Waals surface area contributed by atoms with Crippen molar-refractivity contribution < 1.29 is 9.13 Å². The first kappa shape index (κ1) is 13.2. The lowest BCUT2D eigenvalue weighted by Gasteiger charge is -2.20. The van der Waals surface area contributed by atoms with Crippen molar-refractivity contribution in [3.05, 3.63) is 24.0 Å². The summed E-state index contributed by atoms with van der Waals surface area (Å²) in [5.41, 5.74) is 1.18. The Hall–Kier alpha value is -1.25. The number of hydrogen-bond acceptors (Lipinski definition) is 2. The fourth-order valence-corrected chi connectivity index (χ4v) is 3.06. The first-order valence-corrected chi connectivity index (χ1v) is 6.51.